The highest BCUT2D eigenvalue weighted by molar-refractivity contribution is 6.11. The van der Waals surface area contributed by atoms with Crippen LogP contribution in [-0.4, -0.2) is 14.5 Å². The highest BCUT2D eigenvalue weighted by atomic mass is 15.0. The van der Waals surface area contributed by atoms with Gasteiger partial charge in [-0.15, -0.1) is 0 Å². The fourth-order valence-corrected chi connectivity index (χ4v) is 8.69. The molecule has 0 aliphatic carbocycles. The number of hydrogen-bond acceptors (Lipinski definition) is 2. The summed E-state index contributed by atoms with van der Waals surface area (Å²) in [6.07, 6.45) is 0. The Morgan fingerprint density at radius 3 is 1.43 bits per heavy atom. The summed E-state index contributed by atoms with van der Waals surface area (Å²) >= 11 is 0. The van der Waals surface area contributed by atoms with Crippen LogP contribution in [0.15, 0.2) is 237 Å². The number of benzene rings is 9. The van der Waals surface area contributed by atoms with Crippen molar-refractivity contribution in [1.82, 2.24) is 14.5 Å². The van der Waals surface area contributed by atoms with E-state index < -0.39 is 0 Å². The number of rotatable bonds is 8. The standard InChI is InChI=1S/C58H39N3/c1-6-18-40(19-7-1)42-30-32-45(33-31-42)58-59-53(43-22-10-3-11-23-43)39-54(60-58)52-38-47(41-20-8-2-9-21-41)37-50(57(52)44-24-12-4-13-25-44)46-34-35-56-51(36-46)49-28-16-17-29-55(49)61(56)48-26-14-5-15-27-48/h1-39H. The number of para-hydroxylation sites is 2. The summed E-state index contributed by atoms with van der Waals surface area (Å²) in [5, 5.41) is 2.42. The molecular weight excluding hydrogens is 739 g/mol. The lowest BCUT2D eigenvalue weighted by atomic mass is 9.85. The second kappa shape index (κ2) is 15.6. The van der Waals surface area contributed by atoms with Crippen LogP contribution in [0.2, 0.25) is 0 Å². The highest BCUT2D eigenvalue weighted by Gasteiger charge is 2.21. The van der Waals surface area contributed by atoms with Crippen LogP contribution in [0.1, 0.15) is 0 Å². The molecule has 11 rings (SSSR count). The third-order valence-corrected chi connectivity index (χ3v) is 11.6. The summed E-state index contributed by atoms with van der Waals surface area (Å²) in [6, 6.07) is 84.1. The summed E-state index contributed by atoms with van der Waals surface area (Å²) in [5.74, 6) is 0.678. The molecule has 61 heavy (non-hydrogen) atoms. The minimum absolute atomic E-state index is 0.678. The molecule has 0 radical (unpaired) electrons. The normalized spacial score (nSPS) is 11.3. The van der Waals surface area contributed by atoms with Crippen LogP contribution in [0.5, 0.6) is 0 Å². The quantitative estimate of drug-likeness (QED) is 0.154. The Morgan fingerprint density at radius 1 is 0.279 bits per heavy atom. The number of aromatic nitrogens is 3. The van der Waals surface area contributed by atoms with Crippen LogP contribution in [0.3, 0.4) is 0 Å². The molecule has 0 aliphatic rings. The zero-order chi connectivity index (χ0) is 40.5. The van der Waals surface area contributed by atoms with Crippen molar-refractivity contribution in [3.8, 4) is 84.1 Å². The smallest absolute Gasteiger partial charge is 0.160 e. The third-order valence-electron chi connectivity index (χ3n) is 11.6. The summed E-state index contributed by atoms with van der Waals surface area (Å²) in [4.78, 5) is 10.7. The van der Waals surface area contributed by atoms with E-state index >= 15 is 0 Å². The minimum atomic E-state index is 0.678. The highest BCUT2D eigenvalue weighted by Crippen LogP contribution is 2.45. The molecule has 0 N–H and O–H groups in total. The summed E-state index contributed by atoms with van der Waals surface area (Å²) in [7, 11) is 0. The monoisotopic (exact) mass is 777 g/mol. The van der Waals surface area contributed by atoms with Gasteiger partial charge in [0.2, 0.25) is 0 Å². The van der Waals surface area contributed by atoms with Gasteiger partial charge in [-0.2, -0.15) is 0 Å². The van der Waals surface area contributed by atoms with Crippen molar-refractivity contribution in [3.05, 3.63) is 237 Å². The molecule has 0 fully saturated rings. The average Bonchev–Trinajstić information content (AvgIpc) is 3.68. The summed E-state index contributed by atoms with van der Waals surface area (Å²) in [5.41, 5.74) is 17.3. The lowest BCUT2D eigenvalue weighted by Gasteiger charge is -2.20. The van der Waals surface area contributed by atoms with Crippen LogP contribution in [0, 0.1) is 0 Å². The van der Waals surface area contributed by atoms with Crippen molar-refractivity contribution in [2.24, 2.45) is 0 Å². The number of nitrogens with zero attached hydrogens (tertiary/aromatic N) is 3. The Kier molecular flexibility index (Phi) is 9.18. The molecule has 3 nitrogen and oxygen atoms in total. The maximum Gasteiger partial charge on any atom is 0.160 e. The summed E-state index contributed by atoms with van der Waals surface area (Å²) < 4.78 is 2.37. The van der Waals surface area contributed by atoms with Gasteiger partial charge in [0, 0.05) is 33.2 Å². The Labute approximate surface area is 355 Å². The zero-order valence-electron chi connectivity index (χ0n) is 33.4. The number of hydrogen-bond donors (Lipinski definition) is 0. The van der Waals surface area contributed by atoms with Gasteiger partial charge in [-0.25, -0.2) is 9.97 Å². The van der Waals surface area contributed by atoms with Gasteiger partial charge >= 0.3 is 0 Å². The minimum Gasteiger partial charge on any atom is -0.309 e. The second-order valence-corrected chi connectivity index (χ2v) is 15.4. The van der Waals surface area contributed by atoms with E-state index in [0.29, 0.717) is 5.82 Å². The lowest BCUT2D eigenvalue weighted by Crippen LogP contribution is -1.99. The fraction of sp³-hybridized carbons (Fsp3) is 0. The van der Waals surface area contributed by atoms with Gasteiger partial charge in [0.05, 0.1) is 22.4 Å². The molecule has 0 saturated carbocycles. The van der Waals surface area contributed by atoms with Crippen molar-refractivity contribution in [3.63, 3.8) is 0 Å². The van der Waals surface area contributed by atoms with Crippen LogP contribution in [0.4, 0.5) is 0 Å². The molecule has 0 atom stereocenters. The maximum absolute atomic E-state index is 5.47. The molecule has 0 unspecified atom stereocenters. The Hall–Kier alpha value is -8.14. The molecule has 2 heterocycles. The van der Waals surface area contributed by atoms with Crippen molar-refractivity contribution in [1.29, 1.82) is 0 Å². The Bertz CT molecular complexity index is 3300. The van der Waals surface area contributed by atoms with E-state index in [0.717, 1.165) is 72.7 Å². The number of fused-ring (bicyclic) bond motifs is 3. The van der Waals surface area contributed by atoms with E-state index in [1.165, 1.54) is 27.4 Å². The van der Waals surface area contributed by atoms with Crippen molar-refractivity contribution < 1.29 is 0 Å². The molecule has 11 aromatic rings. The largest absolute Gasteiger partial charge is 0.309 e. The first kappa shape index (κ1) is 36.0. The Morgan fingerprint density at radius 2 is 0.754 bits per heavy atom. The van der Waals surface area contributed by atoms with Crippen molar-refractivity contribution in [2.45, 2.75) is 0 Å². The van der Waals surface area contributed by atoms with Crippen molar-refractivity contribution in [2.75, 3.05) is 0 Å². The summed E-state index contributed by atoms with van der Waals surface area (Å²) in [6.45, 7) is 0. The molecule has 286 valence electrons. The Balaban J connectivity index is 1.18. The molecule has 2 aromatic heterocycles. The van der Waals surface area contributed by atoms with Gasteiger partial charge in [-0.3, -0.25) is 0 Å². The van der Waals surface area contributed by atoms with E-state index in [4.69, 9.17) is 9.97 Å². The molecule has 0 saturated heterocycles. The van der Waals surface area contributed by atoms with Crippen LogP contribution >= 0.6 is 0 Å². The molecular formula is C58H39N3. The zero-order valence-corrected chi connectivity index (χ0v) is 33.4. The van der Waals surface area contributed by atoms with Crippen LogP contribution in [-0.2, 0) is 0 Å². The molecule has 0 amide bonds. The van der Waals surface area contributed by atoms with Gasteiger partial charge in [-0.05, 0) is 93.0 Å². The first-order valence-electron chi connectivity index (χ1n) is 20.7. The maximum atomic E-state index is 5.47. The second-order valence-electron chi connectivity index (χ2n) is 15.4. The van der Waals surface area contributed by atoms with E-state index in [1.54, 1.807) is 0 Å². The van der Waals surface area contributed by atoms with E-state index in [9.17, 15) is 0 Å². The molecule has 9 aromatic carbocycles. The van der Waals surface area contributed by atoms with Gasteiger partial charge in [0.25, 0.3) is 0 Å². The van der Waals surface area contributed by atoms with Gasteiger partial charge in [-0.1, -0.05) is 188 Å². The first-order valence-corrected chi connectivity index (χ1v) is 20.7. The van der Waals surface area contributed by atoms with Crippen molar-refractivity contribution >= 4 is 21.8 Å². The molecule has 0 bridgehead atoms. The van der Waals surface area contributed by atoms with Gasteiger partial charge in [0.15, 0.2) is 5.82 Å². The van der Waals surface area contributed by atoms with Gasteiger partial charge in [0.1, 0.15) is 0 Å². The van der Waals surface area contributed by atoms with E-state index in [1.807, 2.05) is 12.1 Å². The lowest BCUT2D eigenvalue weighted by molar-refractivity contribution is 1.18. The molecule has 0 aliphatic heterocycles. The fourth-order valence-electron chi connectivity index (χ4n) is 8.69. The van der Waals surface area contributed by atoms with Crippen LogP contribution in [0.25, 0.3) is 106 Å². The van der Waals surface area contributed by atoms with E-state index in [2.05, 4.69) is 229 Å². The van der Waals surface area contributed by atoms with Gasteiger partial charge < -0.3 is 4.57 Å². The van der Waals surface area contributed by atoms with Crippen LogP contribution < -0.4 is 0 Å². The topological polar surface area (TPSA) is 30.7 Å². The SMILES string of the molecule is c1ccc(-c2ccc(-c3nc(-c4ccccc4)cc(-c4cc(-c5ccccc5)cc(-c5ccc6c(c5)c5ccccc5n6-c5ccccc5)c4-c4ccccc4)n3)cc2)cc1. The predicted molar refractivity (Wildman–Crippen MR) is 254 cm³/mol. The third kappa shape index (κ3) is 6.78. The average molecular weight is 778 g/mol. The molecule has 0 spiro atoms. The molecule has 3 heteroatoms. The first-order chi connectivity index (χ1) is 30.2. The predicted octanol–water partition coefficient (Wildman–Crippen LogP) is 15.2. The van der Waals surface area contributed by atoms with E-state index in [-0.39, 0.29) is 0 Å².